The summed E-state index contributed by atoms with van der Waals surface area (Å²) in [7, 11) is 2.05. The van der Waals surface area contributed by atoms with Crippen LogP contribution >= 0.6 is 0 Å². The topological polar surface area (TPSA) is 28.2 Å². The molecule has 0 saturated heterocycles. The zero-order valence-electron chi connectivity index (χ0n) is 11.9. The molecule has 0 bridgehead atoms. The quantitative estimate of drug-likeness (QED) is 0.876. The second kappa shape index (κ2) is 6.23. The van der Waals surface area contributed by atoms with E-state index in [0.717, 1.165) is 24.6 Å². The maximum absolute atomic E-state index is 4.64. The van der Waals surface area contributed by atoms with Gasteiger partial charge in [0.25, 0.3) is 0 Å². The monoisotopic (exact) mass is 255 g/mol. The maximum atomic E-state index is 4.64. The summed E-state index contributed by atoms with van der Waals surface area (Å²) in [5.41, 5.74) is 2.43. The van der Waals surface area contributed by atoms with Crippen LogP contribution in [-0.2, 0) is 0 Å². The molecule has 0 atom stereocenters. The van der Waals surface area contributed by atoms with E-state index in [1.54, 1.807) is 0 Å². The molecule has 0 aliphatic carbocycles. The Balaban J connectivity index is 2.24. The van der Waals surface area contributed by atoms with Crippen molar-refractivity contribution in [1.82, 2.24) is 4.98 Å². The molecule has 0 aliphatic heterocycles. The van der Waals surface area contributed by atoms with Crippen LogP contribution in [0.5, 0.6) is 0 Å². The molecule has 3 heteroatoms. The molecule has 0 aliphatic rings. The zero-order chi connectivity index (χ0) is 13.7. The molecule has 1 aromatic carbocycles. The normalized spacial score (nSPS) is 10.3. The van der Waals surface area contributed by atoms with E-state index in [0.29, 0.717) is 0 Å². The fraction of sp³-hybridized carbons (Fsp3) is 0.312. The van der Waals surface area contributed by atoms with Gasteiger partial charge in [-0.05, 0) is 37.1 Å². The molecule has 0 saturated carbocycles. The number of benzene rings is 1. The number of aromatic nitrogens is 1. The van der Waals surface area contributed by atoms with E-state index in [9.17, 15) is 0 Å². The first kappa shape index (κ1) is 13.4. The molecular weight excluding hydrogens is 234 g/mol. The molecule has 0 spiro atoms. The summed E-state index contributed by atoms with van der Waals surface area (Å²) in [6, 6.07) is 14.4. The summed E-state index contributed by atoms with van der Waals surface area (Å²) in [5, 5.41) is 3.32. The molecule has 1 aromatic heterocycles. The Morgan fingerprint density at radius 3 is 2.63 bits per heavy atom. The zero-order valence-corrected chi connectivity index (χ0v) is 11.9. The predicted octanol–water partition coefficient (Wildman–Crippen LogP) is 3.98. The summed E-state index contributed by atoms with van der Waals surface area (Å²) < 4.78 is 0. The average Bonchev–Trinajstić information content (AvgIpc) is 2.45. The predicted molar refractivity (Wildman–Crippen MR) is 82.3 cm³/mol. The van der Waals surface area contributed by atoms with Gasteiger partial charge in [-0.2, -0.15) is 0 Å². The van der Waals surface area contributed by atoms with Crippen LogP contribution in [0, 0.1) is 6.92 Å². The molecule has 100 valence electrons. The largest absolute Gasteiger partial charge is 0.370 e. The van der Waals surface area contributed by atoms with E-state index < -0.39 is 0 Å². The lowest BCUT2D eigenvalue weighted by Crippen LogP contribution is -2.13. The Morgan fingerprint density at radius 1 is 1.11 bits per heavy atom. The Labute approximate surface area is 115 Å². The highest BCUT2D eigenvalue weighted by atomic mass is 15.2. The highest BCUT2D eigenvalue weighted by molar-refractivity contribution is 5.63. The Morgan fingerprint density at radius 2 is 1.89 bits per heavy atom. The van der Waals surface area contributed by atoms with Crippen LogP contribution in [0.1, 0.15) is 18.9 Å². The van der Waals surface area contributed by atoms with Crippen molar-refractivity contribution < 1.29 is 0 Å². The third-order valence-corrected chi connectivity index (χ3v) is 3.11. The standard InChI is InChI=1S/C16H21N3/c1-4-12-17-15-10-7-11-16(18-15)19(3)14-9-6-5-8-13(14)2/h5-11H,4,12H2,1-3H3,(H,17,18). The summed E-state index contributed by atoms with van der Waals surface area (Å²) in [6.07, 6.45) is 1.10. The van der Waals surface area contributed by atoms with Crippen LogP contribution < -0.4 is 10.2 Å². The van der Waals surface area contributed by atoms with E-state index in [2.05, 4.69) is 53.3 Å². The van der Waals surface area contributed by atoms with Gasteiger partial charge in [0, 0.05) is 19.3 Å². The van der Waals surface area contributed by atoms with Crippen molar-refractivity contribution in [2.75, 3.05) is 23.8 Å². The van der Waals surface area contributed by atoms with Crippen molar-refractivity contribution >= 4 is 17.3 Å². The van der Waals surface area contributed by atoms with Gasteiger partial charge in [0.1, 0.15) is 11.6 Å². The molecular formula is C16H21N3. The molecule has 0 amide bonds. The molecule has 2 rings (SSSR count). The number of pyridine rings is 1. The third-order valence-electron chi connectivity index (χ3n) is 3.11. The van der Waals surface area contributed by atoms with Crippen LogP contribution in [0.4, 0.5) is 17.3 Å². The number of rotatable bonds is 5. The summed E-state index contributed by atoms with van der Waals surface area (Å²) in [4.78, 5) is 6.76. The van der Waals surface area contributed by atoms with Crippen molar-refractivity contribution in [3.05, 3.63) is 48.0 Å². The second-order valence-corrected chi connectivity index (χ2v) is 4.65. The van der Waals surface area contributed by atoms with E-state index >= 15 is 0 Å². The lowest BCUT2D eigenvalue weighted by Gasteiger charge is -2.21. The number of nitrogens with one attached hydrogen (secondary N) is 1. The Kier molecular flexibility index (Phi) is 4.39. The van der Waals surface area contributed by atoms with Gasteiger partial charge in [-0.1, -0.05) is 31.2 Å². The van der Waals surface area contributed by atoms with Gasteiger partial charge in [-0.15, -0.1) is 0 Å². The van der Waals surface area contributed by atoms with E-state index in [1.807, 2.05) is 25.2 Å². The van der Waals surface area contributed by atoms with Gasteiger partial charge < -0.3 is 10.2 Å². The molecule has 0 fully saturated rings. The maximum Gasteiger partial charge on any atom is 0.135 e. The number of hydrogen-bond acceptors (Lipinski definition) is 3. The highest BCUT2D eigenvalue weighted by Gasteiger charge is 2.07. The number of hydrogen-bond donors (Lipinski definition) is 1. The minimum absolute atomic E-state index is 0.930. The molecule has 2 aromatic rings. The second-order valence-electron chi connectivity index (χ2n) is 4.65. The van der Waals surface area contributed by atoms with Crippen LogP contribution in [0.25, 0.3) is 0 Å². The molecule has 3 nitrogen and oxygen atoms in total. The van der Waals surface area contributed by atoms with Gasteiger partial charge >= 0.3 is 0 Å². The van der Waals surface area contributed by atoms with Crippen LogP contribution in [0.3, 0.4) is 0 Å². The van der Waals surface area contributed by atoms with Crippen molar-refractivity contribution in [3.8, 4) is 0 Å². The summed E-state index contributed by atoms with van der Waals surface area (Å²) in [6.45, 7) is 5.21. The minimum atomic E-state index is 0.930. The van der Waals surface area contributed by atoms with Crippen molar-refractivity contribution in [1.29, 1.82) is 0 Å². The van der Waals surface area contributed by atoms with Crippen LogP contribution in [0.2, 0.25) is 0 Å². The minimum Gasteiger partial charge on any atom is -0.370 e. The van der Waals surface area contributed by atoms with Gasteiger partial charge in [-0.3, -0.25) is 0 Å². The van der Waals surface area contributed by atoms with E-state index in [4.69, 9.17) is 0 Å². The fourth-order valence-corrected chi connectivity index (χ4v) is 2.02. The average molecular weight is 255 g/mol. The van der Waals surface area contributed by atoms with Gasteiger partial charge in [0.05, 0.1) is 0 Å². The Hall–Kier alpha value is -2.03. The fourth-order valence-electron chi connectivity index (χ4n) is 2.02. The molecule has 0 radical (unpaired) electrons. The van der Waals surface area contributed by atoms with Crippen molar-refractivity contribution in [2.24, 2.45) is 0 Å². The Bertz CT molecular complexity index is 537. The highest BCUT2D eigenvalue weighted by Crippen LogP contribution is 2.25. The van der Waals surface area contributed by atoms with Gasteiger partial charge in [0.15, 0.2) is 0 Å². The molecule has 0 unspecified atom stereocenters. The van der Waals surface area contributed by atoms with Gasteiger partial charge in [-0.25, -0.2) is 4.98 Å². The molecule has 19 heavy (non-hydrogen) atoms. The summed E-state index contributed by atoms with van der Waals surface area (Å²) in [5.74, 6) is 1.88. The lowest BCUT2D eigenvalue weighted by molar-refractivity contribution is 0.966. The lowest BCUT2D eigenvalue weighted by atomic mass is 10.2. The molecule has 1 heterocycles. The number of para-hydroxylation sites is 1. The van der Waals surface area contributed by atoms with E-state index in [1.165, 1.54) is 11.3 Å². The third kappa shape index (κ3) is 3.25. The number of aryl methyl sites for hydroxylation is 1. The van der Waals surface area contributed by atoms with Crippen molar-refractivity contribution in [3.63, 3.8) is 0 Å². The smallest absolute Gasteiger partial charge is 0.135 e. The first-order valence-electron chi connectivity index (χ1n) is 6.72. The van der Waals surface area contributed by atoms with Gasteiger partial charge in [0.2, 0.25) is 0 Å². The van der Waals surface area contributed by atoms with Crippen LogP contribution in [0.15, 0.2) is 42.5 Å². The van der Waals surface area contributed by atoms with Crippen molar-refractivity contribution in [2.45, 2.75) is 20.3 Å². The summed E-state index contributed by atoms with van der Waals surface area (Å²) >= 11 is 0. The first-order chi connectivity index (χ1) is 9.22. The SMILES string of the molecule is CCCNc1cccc(N(C)c2ccccc2C)n1. The van der Waals surface area contributed by atoms with Crippen LogP contribution in [-0.4, -0.2) is 18.6 Å². The first-order valence-corrected chi connectivity index (χ1v) is 6.72. The van der Waals surface area contributed by atoms with E-state index in [-0.39, 0.29) is 0 Å². The number of nitrogens with zero attached hydrogens (tertiary/aromatic N) is 2. The molecule has 1 N–H and O–H groups in total. The number of anilines is 3.